The quantitative estimate of drug-likeness (QED) is 0.779. The SMILES string of the molecule is CCNc1nc(C)nc(NCC(CC)CC)c1C. The molecule has 0 spiro atoms. The minimum Gasteiger partial charge on any atom is -0.370 e. The van der Waals surface area contributed by atoms with E-state index in [0.717, 1.165) is 36.1 Å². The van der Waals surface area contributed by atoms with E-state index in [2.05, 4.69) is 48.3 Å². The van der Waals surface area contributed by atoms with E-state index in [1.54, 1.807) is 0 Å². The van der Waals surface area contributed by atoms with E-state index in [9.17, 15) is 0 Å². The molecule has 0 aromatic carbocycles. The molecular weight excluding hydrogens is 224 g/mol. The maximum atomic E-state index is 4.49. The summed E-state index contributed by atoms with van der Waals surface area (Å²) in [5.41, 5.74) is 1.11. The molecule has 102 valence electrons. The Kier molecular flexibility index (Phi) is 5.89. The van der Waals surface area contributed by atoms with Crippen LogP contribution in [0.15, 0.2) is 0 Å². The maximum absolute atomic E-state index is 4.49. The summed E-state index contributed by atoms with van der Waals surface area (Å²) in [7, 11) is 0. The van der Waals surface area contributed by atoms with Crippen molar-refractivity contribution in [2.24, 2.45) is 5.92 Å². The minimum absolute atomic E-state index is 0.710. The summed E-state index contributed by atoms with van der Waals surface area (Å²) in [6.45, 7) is 12.4. The van der Waals surface area contributed by atoms with Gasteiger partial charge in [0, 0.05) is 18.7 Å². The zero-order valence-corrected chi connectivity index (χ0v) is 12.3. The number of aromatic nitrogens is 2. The molecule has 18 heavy (non-hydrogen) atoms. The van der Waals surface area contributed by atoms with Crippen LogP contribution in [0.4, 0.5) is 11.6 Å². The fourth-order valence-electron chi connectivity index (χ4n) is 1.96. The summed E-state index contributed by atoms with van der Waals surface area (Å²) in [5.74, 6) is 3.42. The monoisotopic (exact) mass is 250 g/mol. The van der Waals surface area contributed by atoms with Gasteiger partial charge in [-0.1, -0.05) is 26.7 Å². The van der Waals surface area contributed by atoms with Crippen molar-refractivity contribution in [3.63, 3.8) is 0 Å². The first kappa shape index (κ1) is 14.7. The Hall–Kier alpha value is -1.32. The molecule has 2 N–H and O–H groups in total. The van der Waals surface area contributed by atoms with E-state index >= 15 is 0 Å². The Morgan fingerprint density at radius 3 is 2.00 bits per heavy atom. The standard InChI is InChI=1S/C14H26N4/c1-6-12(7-2)9-16-14-10(4)13(15-8-3)17-11(5)18-14/h12H,6-9H2,1-5H3,(H2,15,16,17,18). The predicted molar refractivity (Wildman–Crippen MR) is 78.2 cm³/mol. The van der Waals surface area contributed by atoms with Crippen LogP contribution >= 0.6 is 0 Å². The van der Waals surface area contributed by atoms with E-state index in [1.165, 1.54) is 12.8 Å². The Labute approximate surface area is 111 Å². The van der Waals surface area contributed by atoms with E-state index < -0.39 is 0 Å². The van der Waals surface area contributed by atoms with Gasteiger partial charge in [-0.3, -0.25) is 0 Å². The summed E-state index contributed by atoms with van der Waals surface area (Å²) in [6.07, 6.45) is 2.40. The third-order valence-corrected chi connectivity index (χ3v) is 3.31. The highest BCUT2D eigenvalue weighted by Gasteiger charge is 2.10. The number of aryl methyl sites for hydroxylation is 1. The fraction of sp³-hybridized carbons (Fsp3) is 0.714. The second-order valence-corrected chi connectivity index (χ2v) is 4.69. The molecule has 4 heteroatoms. The predicted octanol–water partition coefficient (Wildman–Crippen LogP) is 3.37. The summed E-state index contributed by atoms with van der Waals surface area (Å²) < 4.78 is 0. The highest BCUT2D eigenvalue weighted by Crippen LogP contribution is 2.20. The van der Waals surface area contributed by atoms with E-state index in [4.69, 9.17) is 0 Å². The molecule has 1 heterocycles. The first-order valence-electron chi connectivity index (χ1n) is 6.95. The lowest BCUT2D eigenvalue weighted by Crippen LogP contribution is -2.16. The molecule has 0 bridgehead atoms. The zero-order valence-electron chi connectivity index (χ0n) is 12.3. The highest BCUT2D eigenvalue weighted by atomic mass is 15.1. The molecule has 0 unspecified atom stereocenters. The van der Waals surface area contributed by atoms with Gasteiger partial charge in [-0.15, -0.1) is 0 Å². The number of nitrogens with zero attached hydrogens (tertiary/aromatic N) is 2. The van der Waals surface area contributed by atoms with Crippen LogP contribution in [0.25, 0.3) is 0 Å². The van der Waals surface area contributed by atoms with E-state index in [-0.39, 0.29) is 0 Å². The molecule has 1 aromatic heterocycles. The molecule has 0 saturated heterocycles. The van der Waals surface area contributed by atoms with Crippen LogP contribution < -0.4 is 10.6 Å². The van der Waals surface area contributed by atoms with Crippen molar-refractivity contribution in [3.05, 3.63) is 11.4 Å². The molecule has 0 atom stereocenters. The Bertz CT molecular complexity index is 372. The molecule has 0 aliphatic rings. The molecule has 1 aromatic rings. The van der Waals surface area contributed by atoms with Gasteiger partial charge in [-0.2, -0.15) is 0 Å². The Morgan fingerprint density at radius 2 is 1.50 bits per heavy atom. The van der Waals surface area contributed by atoms with Crippen LogP contribution in [0.2, 0.25) is 0 Å². The van der Waals surface area contributed by atoms with Gasteiger partial charge in [0.15, 0.2) is 0 Å². The highest BCUT2D eigenvalue weighted by molar-refractivity contribution is 5.57. The van der Waals surface area contributed by atoms with E-state index in [0.29, 0.717) is 5.92 Å². The number of rotatable bonds is 7. The average Bonchev–Trinajstić information content (AvgIpc) is 2.36. The summed E-state index contributed by atoms with van der Waals surface area (Å²) >= 11 is 0. The van der Waals surface area contributed by atoms with Crippen molar-refractivity contribution < 1.29 is 0 Å². The zero-order chi connectivity index (χ0) is 13.5. The number of hydrogen-bond donors (Lipinski definition) is 2. The summed E-state index contributed by atoms with van der Waals surface area (Å²) in [4.78, 5) is 8.92. The lowest BCUT2D eigenvalue weighted by molar-refractivity contribution is 0.518. The van der Waals surface area contributed by atoms with Gasteiger partial charge in [0.1, 0.15) is 17.5 Å². The lowest BCUT2D eigenvalue weighted by atomic mass is 10.0. The molecular formula is C14H26N4. The minimum atomic E-state index is 0.710. The molecule has 0 radical (unpaired) electrons. The third-order valence-electron chi connectivity index (χ3n) is 3.31. The van der Waals surface area contributed by atoms with Crippen LogP contribution in [0, 0.1) is 19.8 Å². The Balaban J connectivity index is 2.81. The van der Waals surface area contributed by atoms with Crippen LogP contribution in [0.5, 0.6) is 0 Å². The van der Waals surface area contributed by atoms with Crippen LogP contribution in [-0.4, -0.2) is 23.1 Å². The van der Waals surface area contributed by atoms with Crippen LogP contribution in [0.3, 0.4) is 0 Å². The second-order valence-electron chi connectivity index (χ2n) is 4.69. The molecule has 0 saturated carbocycles. The molecule has 4 nitrogen and oxygen atoms in total. The van der Waals surface area contributed by atoms with Crippen LogP contribution in [0.1, 0.15) is 45.0 Å². The van der Waals surface area contributed by atoms with Gasteiger partial charge >= 0.3 is 0 Å². The van der Waals surface area contributed by atoms with Crippen molar-refractivity contribution in [1.29, 1.82) is 0 Å². The fourth-order valence-corrected chi connectivity index (χ4v) is 1.96. The third kappa shape index (κ3) is 3.86. The van der Waals surface area contributed by atoms with Crippen molar-refractivity contribution in [2.45, 2.75) is 47.5 Å². The van der Waals surface area contributed by atoms with Gasteiger partial charge < -0.3 is 10.6 Å². The van der Waals surface area contributed by atoms with Crippen molar-refractivity contribution >= 4 is 11.6 Å². The number of nitrogens with one attached hydrogen (secondary N) is 2. The van der Waals surface area contributed by atoms with Gasteiger partial charge in [0.25, 0.3) is 0 Å². The molecule has 0 amide bonds. The maximum Gasteiger partial charge on any atom is 0.134 e. The first-order valence-corrected chi connectivity index (χ1v) is 6.95. The summed E-state index contributed by atoms with van der Waals surface area (Å²) in [5, 5.41) is 6.74. The average molecular weight is 250 g/mol. The van der Waals surface area contributed by atoms with Gasteiger partial charge in [0.05, 0.1) is 0 Å². The smallest absolute Gasteiger partial charge is 0.134 e. The molecule has 0 aliphatic carbocycles. The lowest BCUT2D eigenvalue weighted by Gasteiger charge is -2.17. The van der Waals surface area contributed by atoms with Crippen molar-refractivity contribution in [1.82, 2.24) is 9.97 Å². The van der Waals surface area contributed by atoms with E-state index in [1.807, 2.05) is 6.92 Å². The van der Waals surface area contributed by atoms with Crippen molar-refractivity contribution in [2.75, 3.05) is 23.7 Å². The normalized spacial score (nSPS) is 10.8. The first-order chi connectivity index (χ1) is 8.62. The largest absolute Gasteiger partial charge is 0.370 e. The summed E-state index contributed by atoms with van der Waals surface area (Å²) in [6, 6.07) is 0. The second kappa shape index (κ2) is 7.19. The van der Waals surface area contributed by atoms with Crippen molar-refractivity contribution in [3.8, 4) is 0 Å². The topological polar surface area (TPSA) is 49.8 Å². The molecule has 1 rings (SSSR count). The van der Waals surface area contributed by atoms with Crippen LogP contribution in [-0.2, 0) is 0 Å². The van der Waals surface area contributed by atoms with Gasteiger partial charge in [-0.25, -0.2) is 9.97 Å². The molecule has 0 aliphatic heterocycles. The van der Waals surface area contributed by atoms with Gasteiger partial charge in [-0.05, 0) is 26.7 Å². The number of anilines is 2. The molecule has 0 fully saturated rings. The Morgan fingerprint density at radius 1 is 0.944 bits per heavy atom. The number of hydrogen-bond acceptors (Lipinski definition) is 4. The van der Waals surface area contributed by atoms with Gasteiger partial charge in [0.2, 0.25) is 0 Å².